The van der Waals surface area contributed by atoms with E-state index in [2.05, 4.69) is 10.3 Å². The number of rotatable bonds is 3. The van der Waals surface area contributed by atoms with Gasteiger partial charge in [0.2, 0.25) is 17.6 Å². The molecule has 1 aromatic rings. The summed E-state index contributed by atoms with van der Waals surface area (Å²) in [6.07, 6.45) is 0. The van der Waals surface area contributed by atoms with Gasteiger partial charge in [0.15, 0.2) is 0 Å². The summed E-state index contributed by atoms with van der Waals surface area (Å²) in [5, 5.41) is 2.49. The smallest absolute Gasteiger partial charge is 0.286 e. The molecular weight excluding hydrogens is 186 g/mol. The van der Waals surface area contributed by atoms with Crippen LogP contribution in [0.1, 0.15) is 29.1 Å². The third kappa shape index (κ3) is 2.32. The van der Waals surface area contributed by atoms with E-state index < -0.39 is 5.91 Å². The highest BCUT2D eigenvalue weighted by molar-refractivity contribution is 5.90. The van der Waals surface area contributed by atoms with E-state index in [1.54, 1.807) is 6.92 Å². The fraction of sp³-hybridized carbons (Fsp3) is 0.375. The second-order valence-electron chi connectivity index (χ2n) is 2.80. The second-order valence-corrected chi connectivity index (χ2v) is 2.80. The molecule has 0 fully saturated rings. The Morgan fingerprint density at radius 3 is 2.64 bits per heavy atom. The number of oxazole rings is 1. The summed E-state index contributed by atoms with van der Waals surface area (Å²) in [7, 11) is 0. The zero-order chi connectivity index (χ0) is 10.7. The molecule has 6 nitrogen and oxygen atoms in total. The number of carbonyl (C=O) groups is 2. The van der Waals surface area contributed by atoms with E-state index in [1.807, 2.05) is 0 Å². The maximum absolute atomic E-state index is 10.8. The van der Waals surface area contributed by atoms with Gasteiger partial charge in [-0.15, -0.1) is 0 Å². The van der Waals surface area contributed by atoms with Gasteiger partial charge in [0.25, 0.3) is 5.91 Å². The Hall–Kier alpha value is -1.85. The molecule has 0 unspecified atom stereocenters. The highest BCUT2D eigenvalue weighted by Crippen LogP contribution is 2.08. The Balaban J connectivity index is 2.76. The van der Waals surface area contributed by atoms with E-state index in [1.165, 1.54) is 6.92 Å². The van der Waals surface area contributed by atoms with Crippen molar-refractivity contribution in [1.82, 2.24) is 10.3 Å². The molecule has 1 rings (SSSR count). The lowest BCUT2D eigenvalue weighted by molar-refractivity contribution is -0.119. The van der Waals surface area contributed by atoms with Crippen molar-refractivity contribution in [2.24, 2.45) is 5.73 Å². The molecule has 0 aromatic carbocycles. The van der Waals surface area contributed by atoms with Crippen LogP contribution >= 0.6 is 0 Å². The number of aryl methyl sites for hydroxylation is 1. The Morgan fingerprint density at radius 2 is 2.21 bits per heavy atom. The monoisotopic (exact) mass is 197 g/mol. The third-order valence-corrected chi connectivity index (χ3v) is 1.55. The van der Waals surface area contributed by atoms with Crippen LogP contribution in [0.3, 0.4) is 0 Å². The highest BCUT2D eigenvalue weighted by atomic mass is 16.4. The minimum absolute atomic E-state index is 0.0327. The summed E-state index contributed by atoms with van der Waals surface area (Å²) < 4.78 is 5.03. The number of nitrogens with zero attached hydrogens (tertiary/aromatic N) is 1. The fourth-order valence-corrected chi connectivity index (χ4v) is 0.957. The largest absolute Gasteiger partial charge is 0.433 e. The molecule has 0 radical (unpaired) electrons. The van der Waals surface area contributed by atoms with Gasteiger partial charge in [-0.3, -0.25) is 9.59 Å². The summed E-state index contributed by atoms with van der Waals surface area (Å²) in [5.41, 5.74) is 5.45. The number of amides is 2. The van der Waals surface area contributed by atoms with Crippen molar-refractivity contribution in [3.05, 3.63) is 17.3 Å². The quantitative estimate of drug-likeness (QED) is 0.696. The van der Waals surface area contributed by atoms with Crippen LogP contribution in [-0.4, -0.2) is 16.8 Å². The van der Waals surface area contributed by atoms with Gasteiger partial charge in [0.1, 0.15) is 0 Å². The van der Waals surface area contributed by atoms with Gasteiger partial charge >= 0.3 is 0 Å². The number of hydrogen-bond donors (Lipinski definition) is 2. The molecule has 0 spiro atoms. The maximum Gasteiger partial charge on any atom is 0.286 e. The second kappa shape index (κ2) is 3.91. The standard InChI is InChI=1S/C8H11N3O3/c1-4-7(8(9)13)14-6(11-4)3-10-5(2)12/h3H2,1-2H3,(H2,9,13)(H,10,12). The van der Waals surface area contributed by atoms with Crippen molar-refractivity contribution in [3.8, 4) is 0 Å². The van der Waals surface area contributed by atoms with E-state index in [0.29, 0.717) is 5.69 Å². The Labute approximate surface area is 80.5 Å². The van der Waals surface area contributed by atoms with Crippen molar-refractivity contribution in [1.29, 1.82) is 0 Å². The average molecular weight is 197 g/mol. The van der Waals surface area contributed by atoms with Crippen molar-refractivity contribution >= 4 is 11.8 Å². The first-order valence-electron chi connectivity index (χ1n) is 4.01. The molecule has 6 heteroatoms. The normalized spacial score (nSPS) is 9.86. The van der Waals surface area contributed by atoms with Gasteiger partial charge in [-0.25, -0.2) is 4.98 Å². The van der Waals surface area contributed by atoms with Crippen molar-refractivity contribution in [2.45, 2.75) is 20.4 Å². The summed E-state index contributed by atoms with van der Waals surface area (Å²) >= 11 is 0. The Bertz CT molecular complexity index is 370. The lowest BCUT2D eigenvalue weighted by Gasteiger charge is -1.95. The summed E-state index contributed by atoms with van der Waals surface area (Å²) in [6, 6.07) is 0. The topological polar surface area (TPSA) is 98.2 Å². The van der Waals surface area contributed by atoms with Gasteiger partial charge in [-0.05, 0) is 6.92 Å². The van der Waals surface area contributed by atoms with Crippen LogP contribution in [0.4, 0.5) is 0 Å². The number of carbonyl (C=O) groups excluding carboxylic acids is 2. The van der Waals surface area contributed by atoms with Gasteiger partial charge in [0.05, 0.1) is 12.2 Å². The zero-order valence-electron chi connectivity index (χ0n) is 7.96. The van der Waals surface area contributed by atoms with Gasteiger partial charge < -0.3 is 15.5 Å². The molecule has 0 atom stereocenters. The predicted octanol–water partition coefficient (Wildman–Crippen LogP) is -0.282. The lowest BCUT2D eigenvalue weighted by Crippen LogP contribution is -2.19. The molecule has 76 valence electrons. The van der Waals surface area contributed by atoms with Crippen LogP contribution in [-0.2, 0) is 11.3 Å². The molecule has 1 heterocycles. The number of nitrogens with one attached hydrogen (secondary N) is 1. The molecule has 2 amide bonds. The molecule has 0 aliphatic rings. The first-order valence-corrected chi connectivity index (χ1v) is 4.01. The lowest BCUT2D eigenvalue weighted by atomic mass is 10.4. The van der Waals surface area contributed by atoms with Crippen LogP contribution in [0, 0.1) is 6.92 Å². The molecule has 3 N–H and O–H groups in total. The predicted molar refractivity (Wildman–Crippen MR) is 47.3 cm³/mol. The van der Waals surface area contributed by atoms with Crippen molar-refractivity contribution < 1.29 is 14.0 Å². The van der Waals surface area contributed by atoms with Crippen LogP contribution in [0.15, 0.2) is 4.42 Å². The van der Waals surface area contributed by atoms with Gasteiger partial charge in [-0.1, -0.05) is 0 Å². The average Bonchev–Trinajstić information content (AvgIpc) is 2.43. The molecule has 1 aromatic heterocycles. The molecule has 14 heavy (non-hydrogen) atoms. The van der Waals surface area contributed by atoms with E-state index in [0.717, 1.165) is 0 Å². The number of primary amides is 1. The maximum atomic E-state index is 10.8. The van der Waals surface area contributed by atoms with Crippen LogP contribution in [0.2, 0.25) is 0 Å². The molecule has 0 aliphatic carbocycles. The minimum Gasteiger partial charge on any atom is -0.433 e. The van der Waals surface area contributed by atoms with Crippen LogP contribution in [0.25, 0.3) is 0 Å². The fourth-order valence-electron chi connectivity index (χ4n) is 0.957. The van der Waals surface area contributed by atoms with Gasteiger partial charge in [0, 0.05) is 6.92 Å². The molecule has 0 saturated carbocycles. The third-order valence-electron chi connectivity index (χ3n) is 1.55. The van der Waals surface area contributed by atoms with E-state index in [-0.39, 0.29) is 24.1 Å². The van der Waals surface area contributed by atoms with Crippen molar-refractivity contribution in [3.63, 3.8) is 0 Å². The summed E-state index contributed by atoms with van der Waals surface area (Å²) in [6.45, 7) is 3.15. The first kappa shape index (κ1) is 10.2. The zero-order valence-corrected chi connectivity index (χ0v) is 7.96. The number of nitrogens with two attached hydrogens (primary N) is 1. The van der Waals surface area contributed by atoms with E-state index >= 15 is 0 Å². The molecule has 0 aliphatic heterocycles. The van der Waals surface area contributed by atoms with E-state index in [4.69, 9.17) is 10.2 Å². The van der Waals surface area contributed by atoms with Crippen molar-refractivity contribution in [2.75, 3.05) is 0 Å². The Morgan fingerprint density at radius 1 is 1.57 bits per heavy atom. The molecule has 0 bridgehead atoms. The van der Waals surface area contributed by atoms with Crippen LogP contribution in [0.5, 0.6) is 0 Å². The SMILES string of the molecule is CC(=O)NCc1nc(C)c(C(N)=O)o1. The highest BCUT2D eigenvalue weighted by Gasteiger charge is 2.13. The summed E-state index contributed by atoms with van der Waals surface area (Å²) in [5.74, 6) is -0.553. The Kier molecular flexibility index (Phi) is 2.85. The summed E-state index contributed by atoms with van der Waals surface area (Å²) in [4.78, 5) is 25.3. The number of aromatic nitrogens is 1. The molecule has 0 saturated heterocycles. The van der Waals surface area contributed by atoms with Crippen LogP contribution < -0.4 is 11.1 Å². The number of hydrogen-bond acceptors (Lipinski definition) is 4. The van der Waals surface area contributed by atoms with E-state index in [9.17, 15) is 9.59 Å². The van der Waals surface area contributed by atoms with Gasteiger partial charge in [-0.2, -0.15) is 0 Å². The molecular formula is C8H11N3O3. The minimum atomic E-state index is -0.663. The first-order chi connectivity index (χ1) is 6.50.